The van der Waals surface area contributed by atoms with Crippen LogP contribution in [0.25, 0.3) is 0 Å². The van der Waals surface area contributed by atoms with Crippen LogP contribution in [0, 0.1) is 11.8 Å². The van der Waals surface area contributed by atoms with Crippen molar-refractivity contribution in [1.29, 1.82) is 0 Å². The minimum absolute atomic E-state index is 0.570. The normalized spacial score (nSPS) is 27.7. The Balaban J connectivity index is 1.93. The van der Waals surface area contributed by atoms with Crippen molar-refractivity contribution >= 4 is 0 Å². The second-order valence-electron chi connectivity index (χ2n) is 4.31. The second-order valence-corrected chi connectivity index (χ2v) is 4.31. The van der Waals surface area contributed by atoms with Crippen molar-refractivity contribution in [2.45, 2.75) is 32.6 Å². The van der Waals surface area contributed by atoms with Gasteiger partial charge in [0.25, 0.3) is 0 Å². The third-order valence-electron chi connectivity index (χ3n) is 3.01. The molecule has 0 aliphatic heterocycles. The van der Waals surface area contributed by atoms with Crippen molar-refractivity contribution in [1.82, 2.24) is 20.2 Å². The van der Waals surface area contributed by atoms with E-state index in [4.69, 9.17) is 0 Å². The molecule has 4 nitrogen and oxygen atoms in total. The van der Waals surface area contributed by atoms with Gasteiger partial charge in [0, 0.05) is 5.92 Å². The molecule has 0 N–H and O–H groups in total. The molecule has 0 radical (unpaired) electrons. The first-order valence-corrected chi connectivity index (χ1v) is 4.90. The zero-order valence-electron chi connectivity index (χ0n) is 8.44. The van der Waals surface area contributed by atoms with E-state index in [0.29, 0.717) is 5.92 Å². The maximum absolute atomic E-state index is 4.22. The molecule has 0 amide bonds. The quantitative estimate of drug-likeness (QED) is 0.690. The molecule has 0 unspecified atom stereocenters. The van der Waals surface area contributed by atoms with Crippen molar-refractivity contribution in [3.05, 3.63) is 5.82 Å². The Kier molecular flexibility index (Phi) is 2.06. The molecule has 1 aromatic rings. The number of hydrogen-bond donors (Lipinski definition) is 0. The molecule has 1 fully saturated rings. The molecular weight excluding hydrogens is 164 g/mol. The highest BCUT2D eigenvalue weighted by Gasteiger charge is 2.34. The highest BCUT2D eigenvalue weighted by Crippen LogP contribution is 2.43. The highest BCUT2D eigenvalue weighted by molar-refractivity contribution is 5.00. The molecule has 1 aliphatic carbocycles. The predicted molar refractivity (Wildman–Crippen MR) is 49.1 cm³/mol. The standard InChI is InChI=1S/C9H16N4/c1-6(2)7-4-8(5-7)9-10-12-13(3)11-9/h6-8H,4-5H2,1-3H3. The van der Waals surface area contributed by atoms with Gasteiger partial charge < -0.3 is 0 Å². The number of tetrazole rings is 1. The Morgan fingerprint density at radius 2 is 2.08 bits per heavy atom. The maximum atomic E-state index is 4.22. The molecular formula is C9H16N4. The highest BCUT2D eigenvalue weighted by atomic mass is 15.6. The molecule has 13 heavy (non-hydrogen) atoms. The van der Waals surface area contributed by atoms with Crippen molar-refractivity contribution in [2.75, 3.05) is 0 Å². The third-order valence-corrected chi connectivity index (χ3v) is 3.01. The van der Waals surface area contributed by atoms with Crippen molar-refractivity contribution in [2.24, 2.45) is 18.9 Å². The van der Waals surface area contributed by atoms with Gasteiger partial charge in [0.1, 0.15) is 0 Å². The summed E-state index contributed by atoms with van der Waals surface area (Å²) in [4.78, 5) is 1.54. The summed E-state index contributed by atoms with van der Waals surface area (Å²) in [5, 5.41) is 12.1. The van der Waals surface area contributed by atoms with Crippen LogP contribution < -0.4 is 0 Å². The Morgan fingerprint density at radius 3 is 2.54 bits per heavy atom. The fourth-order valence-electron chi connectivity index (χ4n) is 1.88. The molecule has 2 rings (SSSR count). The van der Waals surface area contributed by atoms with Gasteiger partial charge in [0.15, 0.2) is 5.82 Å². The second kappa shape index (κ2) is 3.09. The summed E-state index contributed by atoms with van der Waals surface area (Å²) in [6, 6.07) is 0. The summed E-state index contributed by atoms with van der Waals surface area (Å²) in [6.07, 6.45) is 2.48. The topological polar surface area (TPSA) is 43.6 Å². The predicted octanol–water partition coefficient (Wildman–Crippen LogP) is 1.36. The fraction of sp³-hybridized carbons (Fsp3) is 0.889. The van der Waals surface area contributed by atoms with E-state index in [0.717, 1.165) is 17.7 Å². The van der Waals surface area contributed by atoms with E-state index in [1.54, 1.807) is 0 Å². The largest absolute Gasteiger partial charge is 0.177 e. The molecule has 0 aromatic carbocycles. The minimum Gasteiger partial charge on any atom is -0.167 e. The first-order chi connectivity index (χ1) is 6.16. The van der Waals surface area contributed by atoms with Crippen molar-refractivity contribution in [3.63, 3.8) is 0 Å². The van der Waals surface area contributed by atoms with Crippen LogP contribution in [0.2, 0.25) is 0 Å². The van der Waals surface area contributed by atoms with E-state index in [1.807, 2.05) is 7.05 Å². The molecule has 72 valence electrons. The van der Waals surface area contributed by atoms with Gasteiger partial charge in [-0.2, -0.15) is 4.80 Å². The lowest BCUT2D eigenvalue weighted by Gasteiger charge is -2.35. The molecule has 0 atom stereocenters. The van der Waals surface area contributed by atoms with Gasteiger partial charge in [-0.1, -0.05) is 13.8 Å². The van der Waals surface area contributed by atoms with E-state index in [9.17, 15) is 0 Å². The van der Waals surface area contributed by atoms with Gasteiger partial charge in [-0.3, -0.25) is 0 Å². The Hall–Kier alpha value is -0.930. The van der Waals surface area contributed by atoms with E-state index in [2.05, 4.69) is 29.3 Å². The SMILES string of the molecule is CC(C)C1CC(c2nnn(C)n2)C1. The summed E-state index contributed by atoms with van der Waals surface area (Å²) in [7, 11) is 1.81. The monoisotopic (exact) mass is 180 g/mol. The van der Waals surface area contributed by atoms with Gasteiger partial charge in [-0.25, -0.2) is 0 Å². The average molecular weight is 180 g/mol. The van der Waals surface area contributed by atoms with Crippen LogP contribution in [-0.2, 0) is 7.05 Å². The van der Waals surface area contributed by atoms with Crippen LogP contribution in [0.3, 0.4) is 0 Å². The number of aryl methyl sites for hydroxylation is 1. The lowest BCUT2D eigenvalue weighted by atomic mass is 9.69. The molecule has 0 saturated heterocycles. The van der Waals surface area contributed by atoms with Crippen molar-refractivity contribution < 1.29 is 0 Å². The Bertz CT molecular complexity index is 286. The average Bonchev–Trinajstić information content (AvgIpc) is 2.31. The van der Waals surface area contributed by atoms with E-state index >= 15 is 0 Å². The molecule has 4 heteroatoms. The Labute approximate surface area is 78.3 Å². The number of nitrogens with zero attached hydrogens (tertiary/aromatic N) is 4. The fourth-order valence-corrected chi connectivity index (χ4v) is 1.88. The smallest absolute Gasteiger partial charge is 0.167 e. The minimum atomic E-state index is 0.570. The first-order valence-electron chi connectivity index (χ1n) is 4.90. The van der Waals surface area contributed by atoms with Gasteiger partial charge >= 0.3 is 0 Å². The summed E-state index contributed by atoms with van der Waals surface area (Å²) in [5.74, 6) is 3.17. The summed E-state index contributed by atoms with van der Waals surface area (Å²) in [5.41, 5.74) is 0. The van der Waals surface area contributed by atoms with Crippen LogP contribution in [0.4, 0.5) is 0 Å². The lowest BCUT2D eigenvalue weighted by Crippen LogP contribution is -2.26. The van der Waals surface area contributed by atoms with Crippen LogP contribution >= 0.6 is 0 Å². The summed E-state index contributed by atoms with van der Waals surface area (Å²) >= 11 is 0. The molecule has 0 bridgehead atoms. The van der Waals surface area contributed by atoms with E-state index in [1.165, 1.54) is 17.6 Å². The molecule has 1 heterocycles. The number of rotatable bonds is 2. The van der Waals surface area contributed by atoms with Crippen LogP contribution in [0.15, 0.2) is 0 Å². The van der Waals surface area contributed by atoms with Crippen LogP contribution in [-0.4, -0.2) is 20.2 Å². The third kappa shape index (κ3) is 1.57. The van der Waals surface area contributed by atoms with Crippen LogP contribution in [0.1, 0.15) is 38.4 Å². The summed E-state index contributed by atoms with van der Waals surface area (Å²) < 4.78 is 0. The van der Waals surface area contributed by atoms with E-state index in [-0.39, 0.29) is 0 Å². The first kappa shape index (κ1) is 8.66. The van der Waals surface area contributed by atoms with Gasteiger partial charge in [-0.05, 0) is 29.9 Å². The van der Waals surface area contributed by atoms with Crippen LogP contribution in [0.5, 0.6) is 0 Å². The zero-order chi connectivity index (χ0) is 9.42. The zero-order valence-corrected chi connectivity index (χ0v) is 8.44. The lowest BCUT2D eigenvalue weighted by molar-refractivity contribution is 0.190. The maximum Gasteiger partial charge on any atom is 0.177 e. The molecule has 1 saturated carbocycles. The van der Waals surface area contributed by atoms with Gasteiger partial charge in [0.05, 0.1) is 7.05 Å². The molecule has 1 aromatic heterocycles. The van der Waals surface area contributed by atoms with E-state index < -0.39 is 0 Å². The summed E-state index contributed by atoms with van der Waals surface area (Å²) in [6.45, 7) is 4.57. The number of hydrogen-bond acceptors (Lipinski definition) is 3. The van der Waals surface area contributed by atoms with Gasteiger partial charge in [-0.15, -0.1) is 10.2 Å². The van der Waals surface area contributed by atoms with Crippen molar-refractivity contribution in [3.8, 4) is 0 Å². The van der Waals surface area contributed by atoms with Gasteiger partial charge in [0.2, 0.25) is 0 Å². The molecule has 0 spiro atoms. The number of aromatic nitrogens is 4. The molecule has 1 aliphatic rings. The Morgan fingerprint density at radius 1 is 1.38 bits per heavy atom.